The van der Waals surface area contributed by atoms with Crippen LogP contribution in [-0.4, -0.2) is 20.6 Å². The highest BCUT2D eigenvalue weighted by Gasteiger charge is 2.33. The van der Waals surface area contributed by atoms with Gasteiger partial charge in [-0.2, -0.15) is 11.8 Å². The van der Waals surface area contributed by atoms with Gasteiger partial charge in [-0.3, -0.25) is 0 Å². The molecule has 6 heteroatoms. The lowest BCUT2D eigenvalue weighted by atomic mass is 9.88. The van der Waals surface area contributed by atoms with Crippen LogP contribution in [0.4, 0.5) is 14.7 Å². The van der Waals surface area contributed by atoms with E-state index in [1.807, 2.05) is 11.8 Å². The smallest absolute Gasteiger partial charge is 0.201 e. The summed E-state index contributed by atoms with van der Waals surface area (Å²) < 4.78 is 29.2. The van der Waals surface area contributed by atoms with Crippen molar-refractivity contribution in [2.24, 2.45) is 0 Å². The average molecular weight is 311 g/mol. The minimum Gasteiger partial charge on any atom is -0.369 e. The highest BCUT2D eigenvalue weighted by atomic mass is 32.2. The lowest BCUT2D eigenvalue weighted by Crippen LogP contribution is -2.33. The molecule has 0 amide bonds. The molecule has 3 nitrogen and oxygen atoms in total. The van der Waals surface area contributed by atoms with E-state index in [1.165, 1.54) is 25.3 Å². The molecule has 1 fully saturated rings. The fourth-order valence-corrected chi connectivity index (χ4v) is 4.20. The first-order valence-electron chi connectivity index (χ1n) is 7.21. The molecule has 21 heavy (non-hydrogen) atoms. The molecular weight excluding hydrogens is 292 g/mol. The lowest BCUT2D eigenvalue weighted by Gasteiger charge is -2.36. The van der Waals surface area contributed by atoms with Crippen LogP contribution in [-0.2, 0) is 6.54 Å². The molecule has 1 aliphatic carbocycles. The van der Waals surface area contributed by atoms with Crippen molar-refractivity contribution in [2.45, 2.75) is 43.4 Å². The summed E-state index contributed by atoms with van der Waals surface area (Å²) in [4.78, 5) is 4.07. The van der Waals surface area contributed by atoms with Gasteiger partial charge >= 0.3 is 0 Å². The number of imidazole rings is 1. The predicted molar refractivity (Wildman–Crippen MR) is 83.4 cm³/mol. The molecule has 114 valence electrons. The van der Waals surface area contributed by atoms with E-state index in [1.54, 1.807) is 4.57 Å². The molecule has 1 aromatic heterocycles. The van der Waals surface area contributed by atoms with E-state index < -0.39 is 11.6 Å². The highest BCUT2D eigenvalue weighted by molar-refractivity contribution is 8.00. The zero-order valence-electron chi connectivity index (χ0n) is 12.0. The quantitative estimate of drug-likeness (QED) is 0.933. The Labute approximate surface area is 126 Å². The van der Waals surface area contributed by atoms with Crippen molar-refractivity contribution < 1.29 is 8.78 Å². The lowest BCUT2D eigenvalue weighted by molar-refractivity contribution is 0.363. The van der Waals surface area contributed by atoms with Gasteiger partial charge in [0.15, 0.2) is 5.82 Å². The summed E-state index contributed by atoms with van der Waals surface area (Å²) in [6, 6.07) is 2.17. The number of hydrogen-bond acceptors (Lipinski definition) is 3. The van der Waals surface area contributed by atoms with E-state index in [0.717, 1.165) is 18.9 Å². The van der Waals surface area contributed by atoms with Gasteiger partial charge in [0.25, 0.3) is 0 Å². The largest absolute Gasteiger partial charge is 0.369 e. The Bertz CT molecular complexity index is 662. The third kappa shape index (κ3) is 2.61. The van der Waals surface area contributed by atoms with Gasteiger partial charge in [0.2, 0.25) is 5.95 Å². The van der Waals surface area contributed by atoms with Crippen LogP contribution in [0, 0.1) is 11.6 Å². The molecule has 0 unspecified atom stereocenters. The van der Waals surface area contributed by atoms with Crippen LogP contribution in [0.25, 0.3) is 11.0 Å². The molecule has 1 saturated carbocycles. The molecule has 1 heterocycles. The van der Waals surface area contributed by atoms with E-state index in [9.17, 15) is 8.78 Å². The van der Waals surface area contributed by atoms with Gasteiger partial charge in [-0.05, 0) is 19.1 Å². The third-order valence-electron chi connectivity index (χ3n) is 4.45. The van der Waals surface area contributed by atoms with E-state index >= 15 is 0 Å². The van der Waals surface area contributed by atoms with Crippen LogP contribution in [0.1, 0.15) is 32.1 Å². The van der Waals surface area contributed by atoms with Crippen molar-refractivity contribution in [3.05, 3.63) is 23.8 Å². The van der Waals surface area contributed by atoms with Crippen LogP contribution in [0.5, 0.6) is 0 Å². The average Bonchev–Trinajstić information content (AvgIpc) is 2.77. The Balaban J connectivity index is 2.05. The van der Waals surface area contributed by atoms with Gasteiger partial charge < -0.3 is 10.3 Å². The van der Waals surface area contributed by atoms with Crippen LogP contribution < -0.4 is 5.73 Å². The Morgan fingerprint density at radius 3 is 2.67 bits per heavy atom. The van der Waals surface area contributed by atoms with Gasteiger partial charge in [0, 0.05) is 23.4 Å². The first kappa shape index (κ1) is 14.6. The molecule has 2 N–H and O–H groups in total. The van der Waals surface area contributed by atoms with Crippen molar-refractivity contribution in [1.29, 1.82) is 0 Å². The third-order valence-corrected chi connectivity index (χ3v) is 5.85. The summed E-state index contributed by atoms with van der Waals surface area (Å²) in [7, 11) is 0. The van der Waals surface area contributed by atoms with E-state index in [2.05, 4.69) is 11.2 Å². The fraction of sp³-hybridized carbons (Fsp3) is 0.533. The summed E-state index contributed by atoms with van der Waals surface area (Å²) in [5.74, 6) is -0.992. The number of nitrogens with two attached hydrogens (primary N) is 1. The molecule has 1 aliphatic rings. The maximum Gasteiger partial charge on any atom is 0.201 e. The normalized spacial score (nSPS) is 18.2. The van der Waals surface area contributed by atoms with E-state index in [4.69, 9.17) is 5.73 Å². The second kappa shape index (κ2) is 5.48. The van der Waals surface area contributed by atoms with Crippen LogP contribution in [0.15, 0.2) is 12.1 Å². The topological polar surface area (TPSA) is 43.8 Å². The van der Waals surface area contributed by atoms with Crippen molar-refractivity contribution in [1.82, 2.24) is 9.55 Å². The molecule has 0 aliphatic heterocycles. The molecule has 0 radical (unpaired) electrons. The van der Waals surface area contributed by atoms with Gasteiger partial charge in [0.1, 0.15) is 11.3 Å². The Morgan fingerprint density at radius 2 is 2.00 bits per heavy atom. The zero-order chi connectivity index (χ0) is 15.0. The molecule has 0 bridgehead atoms. The monoisotopic (exact) mass is 311 g/mol. The first-order valence-corrected chi connectivity index (χ1v) is 8.43. The van der Waals surface area contributed by atoms with Crippen molar-refractivity contribution >= 4 is 28.7 Å². The minimum absolute atomic E-state index is 0.0861. The second-order valence-corrected chi connectivity index (χ2v) is 7.03. The molecule has 2 aromatic rings. The number of hydrogen-bond donors (Lipinski definition) is 1. The minimum atomic E-state index is -0.655. The predicted octanol–water partition coefficient (Wildman–Crippen LogP) is 3.96. The number of rotatable bonds is 3. The van der Waals surface area contributed by atoms with Crippen LogP contribution in [0.2, 0.25) is 0 Å². The number of aromatic nitrogens is 2. The summed E-state index contributed by atoms with van der Waals surface area (Å²) in [6.45, 7) is 0.652. The SMILES string of the molecule is CSC1(Cn2c(N)nc3c(F)cc(F)cc32)CCCCC1. The molecule has 3 rings (SSSR count). The van der Waals surface area contributed by atoms with Crippen molar-refractivity contribution in [3.8, 4) is 0 Å². The number of thioether (sulfide) groups is 1. The molecule has 1 aromatic carbocycles. The Hall–Kier alpha value is -1.30. The number of halogens is 2. The zero-order valence-corrected chi connectivity index (χ0v) is 12.8. The molecule has 0 spiro atoms. The number of fused-ring (bicyclic) bond motifs is 1. The first-order chi connectivity index (χ1) is 10.0. The molecular formula is C15H19F2N3S. The highest BCUT2D eigenvalue weighted by Crippen LogP contribution is 2.41. The summed E-state index contributed by atoms with van der Waals surface area (Å²) in [5.41, 5.74) is 6.56. The Morgan fingerprint density at radius 1 is 1.29 bits per heavy atom. The number of benzene rings is 1. The van der Waals surface area contributed by atoms with Crippen molar-refractivity contribution in [2.75, 3.05) is 12.0 Å². The molecule has 0 atom stereocenters. The van der Waals surface area contributed by atoms with Gasteiger partial charge in [0.05, 0.1) is 5.52 Å². The second-order valence-electron chi connectivity index (χ2n) is 5.76. The number of nitrogens with zero attached hydrogens (tertiary/aromatic N) is 2. The van der Waals surface area contributed by atoms with Gasteiger partial charge in [-0.15, -0.1) is 0 Å². The Kier molecular flexibility index (Phi) is 3.82. The molecule has 0 saturated heterocycles. The fourth-order valence-electron chi connectivity index (χ4n) is 3.24. The van der Waals surface area contributed by atoms with Gasteiger partial charge in [-0.25, -0.2) is 13.8 Å². The van der Waals surface area contributed by atoms with Crippen LogP contribution in [0.3, 0.4) is 0 Å². The van der Waals surface area contributed by atoms with E-state index in [0.29, 0.717) is 12.1 Å². The maximum atomic E-state index is 13.8. The van der Waals surface area contributed by atoms with Crippen molar-refractivity contribution in [3.63, 3.8) is 0 Å². The van der Waals surface area contributed by atoms with Crippen LogP contribution >= 0.6 is 11.8 Å². The summed E-state index contributed by atoms with van der Waals surface area (Å²) in [5, 5.41) is 0. The number of nitrogen functional groups attached to an aromatic ring is 1. The number of anilines is 1. The van der Waals surface area contributed by atoms with Gasteiger partial charge in [-0.1, -0.05) is 19.3 Å². The maximum absolute atomic E-state index is 13.8. The standard InChI is InChI=1S/C15H19F2N3S/c1-21-15(5-3-2-4-6-15)9-20-12-8-10(16)7-11(17)13(12)19-14(20)18/h7-8H,2-6,9H2,1H3,(H2,18,19). The van der Waals surface area contributed by atoms with E-state index in [-0.39, 0.29) is 16.2 Å². The summed E-state index contributed by atoms with van der Waals surface area (Å²) >= 11 is 1.83. The summed E-state index contributed by atoms with van der Waals surface area (Å²) in [6.07, 6.45) is 7.94.